The molecule has 1 aromatic carbocycles. The molecule has 0 aliphatic rings. The minimum atomic E-state index is 0.923. The zero-order chi connectivity index (χ0) is 9.40. The highest BCUT2D eigenvalue weighted by atomic mass is 32.2. The van der Waals surface area contributed by atoms with Crippen molar-refractivity contribution in [3.63, 3.8) is 0 Å². The molecule has 0 saturated heterocycles. The molecule has 0 radical (unpaired) electrons. The van der Waals surface area contributed by atoms with Crippen molar-refractivity contribution < 1.29 is 4.74 Å². The van der Waals surface area contributed by atoms with Gasteiger partial charge in [0.25, 0.3) is 0 Å². The number of hydrogen-bond donors (Lipinski definition) is 0. The van der Waals surface area contributed by atoms with Crippen LogP contribution < -0.4 is 4.74 Å². The van der Waals surface area contributed by atoms with E-state index in [0.717, 1.165) is 5.75 Å². The van der Waals surface area contributed by atoms with Crippen molar-refractivity contribution in [3.8, 4) is 5.75 Å². The summed E-state index contributed by atoms with van der Waals surface area (Å²) in [5.74, 6) is 0.923. The van der Waals surface area contributed by atoms with Crippen LogP contribution in [0.5, 0.6) is 5.75 Å². The Hall–Kier alpha value is -0.630. The molecule has 0 aliphatic carbocycles. The number of ether oxygens (including phenoxy) is 1. The van der Waals surface area contributed by atoms with Gasteiger partial charge in [0.05, 0.1) is 7.11 Å². The lowest BCUT2D eigenvalue weighted by Gasteiger charge is -1.99. The van der Waals surface area contributed by atoms with Crippen molar-refractivity contribution in [2.24, 2.45) is 0 Å². The highest BCUT2D eigenvalue weighted by molar-refractivity contribution is 7.98. The Kier molecular flexibility index (Phi) is 6.67. The quantitative estimate of drug-likeness (QED) is 0.651. The van der Waals surface area contributed by atoms with Crippen LogP contribution in [0.25, 0.3) is 0 Å². The lowest BCUT2D eigenvalue weighted by molar-refractivity contribution is 0.413. The van der Waals surface area contributed by atoms with Gasteiger partial charge in [0.1, 0.15) is 5.75 Å². The minimum Gasteiger partial charge on any atom is -0.497 e. The fraction of sp³-hybridized carbons (Fsp3) is 0.400. The molecular weight excluding hydrogens is 168 g/mol. The molecule has 0 N–H and O–H groups in total. The maximum Gasteiger partial charge on any atom is 0.119 e. The van der Waals surface area contributed by atoms with E-state index in [0.29, 0.717) is 0 Å². The third kappa shape index (κ3) is 3.67. The third-order valence-corrected chi connectivity index (χ3v) is 2.00. The molecule has 0 unspecified atom stereocenters. The Bertz CT molecular complexity index is 191. The largest absolute Gasteiger partial charge is 0.497 e. The first kappa shape index (κ1) is 11.4. The highest BCUT2D eigenvalue weighted by Crippen LogP contribution is 2.19. The van der Waals surface area contributed by atoms with Crippen molar-refractivity contribution in [2.45, 2.75) is 18.7 Å². The molecule has 2 heteroatoms. The second-order valence-electron chi connectivity index (χ2n) is 1.88. The SMILES string of the molecule is CC.COc1cccc(SC)c1. The Morgan fingerprint density at radius 2 is 1.92 bits per heavy atom. The van der Waals surface area contributed by atoms with Gasteiger partial charge in [-0.15, -0.1) is 11.8 Å². The van der Waals surface area contributed by atoms with Gasteiger partial charge in [0, 0.05) is 4.90 Å². The topological polar surface area (TPSA) is 9.23 Å². The van der Waals surface area contributed by atoms with Crippen LogP contribution in [0.1, 0.15) is 13.8 Å². The van der Waals surface area contributed by atoms with Crippen molar-refractivity contribution in [3.05, 3.63) is 24.3 Å². The summed E-state index contributed by atoms with van der Waals surface area (Å²) in [5, 5.41) is 0. The van der Waals surface area contributed by atoms with Crippen LogP contribution in [0, 0.1) is 0 Å². The molecule has 0 atom stereocenters. The summed E-state index contributed by atoms with van der Waals surface area (Å²) in [6.45, 7) is 4.00. The molecule has 1 rings (SSSR count). The monoisotopic (exact) mass is 184 g/mol. The number of thioether (sulfide) groups is 1. The molecule has 0 amide bonds. The maximum atomic E-state index is 5.04. The van der Waals surface area contributed by atoms with E-state index >= 15 is 0 Å². The average Bonchev–Trinajstić information content (AvgIpc) is 2.21. The Balaban J connectivity index is 0.000000561. The van der Waals surface area contributed by atoms with E-state index in [4.69, 9.17) is 4.74 Å². The summed E-state index contributed by atoms with van der Waals surface area (Å²) in [6.07, 6.45) is 2.05. The summed E-state index contributed by atoms with van der Waals surface area (Å²) in [4.78, 5) is 1.24. The Morgan fingerprint density at radius 3 is 2.42 bits per heavy atom. The summed E-state index contributed by atoms with van der Waals surface area (Å²) < 4.78 is 5.04. The molecule has 1 nitrogen and oxygen atoms in total. The molecule has 0 bridgehead atoms. The molecule has 68 valence electrons. The third-order valence-electron chi connectivity index (χ3n) is 1.28. The first-order valence-electron chi connectivity index (χ1n) is 4.05. The van der Waals surface area contributed by atoms with Gasteiger partial charge < -0.3 is 4.74 Å². The van der Waals surface area contributed by atoms with E-state index in [-0.39, 0.29) is 0 Å². The van der Waals surface area contributed by atoms with Crippen LogP contribution in [-0.4, -0.2) is 13.4 Å². The van der Waals surface area contributed by atoms with Gasteiger partial charge >= 0.3 is 0 Å². The molecule has 1 aromatic rings. The van der Waals surface area contributed by atoms with Gasteiger partial charge in [-0.05, 0) is 24.5 Å². The molecule has 0 fully saturated rings. The summed E-state index contributed by atoms with van der Waals surface area (Å²) in [6, 6.07) is 8.02. The molecule has 0 spiro atoms. The molecule has 0 saturated carbocycles. The van der Waals surface area contributed by atoms with E-state index < -0.39 is 0 Å². The predicted molar refractivity (Wildman–Crippen MR) is 56.1 cm³/mol. The minimum absolute atomic E-state index is 0.923. The zero-order valence-corrected chi connectivity index (χ0v) is 8.94. The van der Waals surface area contributed by atoms with E-state index in [1.165, 1.54) is 4.90 Å². The number of rotatable bonds is 2. The summed E-state index contributed by atoms with van der Waals surface area (Å²) in [7, 11) is 1.68. The molecule has 12 heavy (non-hydrogen) atoms. The van der Waals surface area contributed by atoms with E-state index in [2.05, 4.69) is 12.3 Å². The van der Waals surface area contributed by atoms with Gasteiger partial charge in [-0.2, -0.15) is 0 Å². The van der Waals surface area contributed by atoms with Gasteiger partial charge in [0.2, 0.25) is 0 Å². The van der Waals surface area contributed by atoms with Gasteiger partial charge in [-0.3, -0.25) is 0 Å². The van der Waals surface area contributed by atoms with Crippen LogP contribution in [0.2, 0.25) is 0 Å². The zero-order valence-electron chi connectivity index (χ0n) is 8.13. The van der Waals surface area contributed by atoms with Crippen molar-refractivity contribution in [1.82, 2.24) is 0 Å². The number of hydrogen-bond acceptors (Lipinski definition) is 2. The highest BCUT2D eigenvalue weighted by Gasteiger charge is 1.91. The average molecular weight is 184 g/mol. The molecule has 0 aromatic heterocycles. The fourth-order valence-electron chi connectivity index (χ4n) is 0.728. The van der Waals surface area contributed by atoms with Crippen molar-refractivity contribution >= 4 is 11.8 Å². The number of benzene rings is 1. The molecule has 0 heterocycles. The van der Waals surface area contributed by atoms with Crippen LogP contribution in [0.3, 0.4) is 0 Å². The lowest BCUT2D eigenvalue weighted by Crippen LogP contribution is -1.81. The standard InChI is InChI=1S/C8H10OS.C2H6/c1-9-7-4-3-5-8(6-7)10-2;1-2/h3-6H,1-2H3;1-2H3. The maximum absolute atomic E-state index is 5.04. The van der Waals surface area contributed by atoms with Crippen molar-refractivity contribution in [1.29, 1.82) is 0 Å². The Morgan fingerprint density at radius 1 is 1.25 bits per heavy atom. The van der Waals surface area contributed by atoms with E-state index in [9.17, 15) is 0 Å². The molecule has 0 aliphatic heterocycles. The van der Waals surface area contributed by atoms with Crippen molar-refractivity contribution in [2.75, 3.05) is 13.4 Å². The fourth-order valence-corrected chi connectivity index (χ4v) is 1.18. The first-order chi connectivity index (χ1) is 5.86. The van der Waals surface area contributed by atoms with Gasteiger partial charge in [-0.1, -0.05) is 19.9 Å². The second kappa shape index (κ2) is 7.04. The van der Waals surface area contributed by atoms with Crippen LogP contribution in [0.4, 0.5) is 0 Å². The van der Waals surface area contributed by atoms with Crippen LogP contribution in [0.15, 0.2) is 29.2 Å². The molecular formula is C10H16OS. The summed E-state index contributed by atoms with van der Waals surface area (Å²) in [5.41, 5.74) is 0. The smallest absolute Gasteiger partial charge is 0.119 e. The first-order valence-corrected chi connectivity index (χ1v) is 5.27. The predicted octanol–water partition coefficient (Wildman–Crippen LogP) is 3.44. The van der Waals surface area contributed by atoms with Gasteiger partial charge in [0.15, 0.2) is 0 Å². The Labute approximate surface area is 79.1 Å². The van der Waals surface area contributed by atoms with Gasteiger partial charge in [-0.25, -0.2) is 0 Å². The van der Waals surface area contributed by atoms with E-state index in [1.54, 1.807) is 18.9 Å². The second-order valence-corrected chi connectivity index (χ2v) is 2.76. The van der Waals surface area contributed by atoms with E-state index in [1.807, 2.05) is 32.0 Å². The normalized spacial score (nSPS) is 8.33. The van der Waals surface area contributed by atoms with Crippen LogP contribution >= 0.6 is 11.8 Å². The summed E-state index contributed by atoms with van der Waals surface area (Å²) >= 11 is 1.72. The number of methoxy groups -OCH3 is 1. The lowest BCUT2D eigenvalue weighted by atomic mass is 10.3. The van der Waals surface area contributed by atoms with Crippen LogP contribution in [-0.2, 0) is 0 Å².